The molecule has 1 atom stereocenters. The highest BCUT2D eigenvalue weighted by Gasteiger charge is 2.29. The molecule has 0 spiro atoms. The zero-order chi connectivity index (χ0) is 21.1. The molecule has 1 saturated heterocycles. The Kier molecular flexibility index (Phi) is 5.70. The third-order valence-electron chi connectivity index (χ3n) is 5.39. The molecule has 3 heterocycles. The van der Waals surface area contributed by atoms with Crippen molar-refractivity contribution in [2.45, 2.75) is 25.7 Å². The molecule has 4 rings (SSSR count). The molecule has 154 valence electrons. The number of aryl methyl sites for hydroxylation is 1. The first-order valence-electron chi connectivity index (χ1n) is 10.2. The number of amides is 1. The van der Waals surface area contributed by atoms with E-state index in [0.717, 1.165) is 41.9 Å². The predicted molar refractivity (Wildman–Crippen MR) is 116 cm³/mol. The lowest BCUT2D eigenvalue weighted by molar-refractivity contribution is 0.0699. The Bertz CT molecular complexity index is 1020. The van der Waals surface area contributed by atoms with Gasteiger partial charge in [-0.2, -0.15) is 0 Å². The minimum Gasteiger partial charge on any atom is -0.347 e. The number of anilines is 1. The highest BCUT2D eigenvalue weighted by Crippen LogP contribution is 2.34. The first-order chi connectivity index (χ1) is 14.5. The number of hydrogen-bond acceptors (Lipinski definition) is 6. The molecule has 2 aromatic heterocycles. The zero-order valence-electron chi connectivity index (χ0n) is 17.6. The second-order valence-corrected chi connectivity index (χ2v) is 7.86. The molecule has 1 unspecified atom stereocenters. The van der Waals surface area contributed by atoms with Crippen LogP contribution in [0, 0.1) is 6.92 Å². The molecular formula is C23H26N6O. The van der Waals surface area contributed by atoms with Crippen molar-refractivity contribution in [3.63, 3.8) is 0 Å². The quantitative estimate of drug-likeness (QED) is 0.666. The van der Waals surface area contributed by atoms with Gasteiger partial charge in [-0.05, 0) is 25.3 Å². The first-order valence-corrected chi connectivity index (χ1v) is 10.2. The smallest absolute Gasteiger partial charge is 0.274 e. The third kappa shape index (κ3) is 4.15. The van der Waals surface area contributed by atoms with Crippen molar-refractivity contribution in [3.8, 4) is 11.1 Å². The number of piperidine rings is 1. The minimum absolute atomic E-state index is 0.0737. The molecule has 7 nitrogen and oxygen atoms in total. The van der Waals surface area contributed by atoms with Gasteiger partial charge >= 0.3 is 0 Å². The van der Waals surface area contributed by atoms with Crippen LogP contribution in [0.5, 0.6) is 0 Å². The molecule has 30 heavy (non-hydrogen) atoms. The number of rotatable bonds is 4. The van der Waals surface area contributed by atoms with Crippen LogP contribution < -0.4 is 4.90 Å². The maximum atomic E-state index is 13.0. The maximum absolute atomic E-state index is 13.0. The molecule has 7 heteroatoms. The highest BCUT2D eigenvalue weighted by atomic mass is 16.2. The van der Waals surface area contributed by atoms with Crippen molar-refractivity contribution >= 4 is 11.9 Å². The molecule has 0 saturated carbocycles. The summed E-state index contributed by atoms with van der Waals surface area (Å²) < 4.78 is 0. The van der Waals surface area contributed by atoms with Gasteiger partial charge in [-0.15, -0.1) is 0 Å². The Morgan fingerprint density at radius 3 is 2.57 bits per heavy atom. The second-order valence-electron chi connectivity index (χ2n) is 7.86. The summed E-state index contributed by atoms with van der Waals surface area (Å²) in [6.07, 6.45) is 7.00. The van der Waals surface area contributed by atoms with Crippen LogP contribution in [0.25, 0.3) is 11.1 Å². The predicted octanol–water partition coefficient (Wildman–Crippen LogP) is 3.33. The van der Waals surface area contributed by atoms with E-state index >= 15 is 0 Å². The largest absolute Gasteiger partial charge is 0.347 e. The van der Waals surface area contributed by atoms with Gasteiger partial charge in [0, 0.05) is 51.1 Å². The number of aromatic nitrogens is 4. The molecule has 1 aliphatic rings. The number of benzene rings is 1. The van der Waals surface area contributed by atoms with Gasteiger partial charge in [-0.25, -0.2) is 15.0 Å². The summed E-state index contributed by atoms with van der Waals surface area (Å²) in [5.41, 5.74) is 4.29. The van der Waals surface area contributed by atoms with E-state index in [1.165, 1.54) is 0 Å². The molecule has 1 fully saturated rings. The van der Waals surface area contributed by atoms with Crippen LogP contribution in [0.3, 0.4) is 0 Å². The summed E-state index contributed by atoms with van der Waals surface area (Å²) in [6.45, 7) is 3.19. The van der Waals surface area contributed by atoms with E-state index < -0.39 is 0 Å². The monoisotopic (exact) mass is 402 g/mol. The summed E-state index contributed by atoms with van der Waals surface area (Å²) >= 11 is 0. The van der Waals surface area contributed by atoms with Crippen LogP contribution in [0.4, 0.5) is 5.95 Å². The number of carbonyl (C=O) groups excluding carboxylic acids is 1. The zero-order valence-corrected chi connectivity index (χ0v) is 17.6. The van der Waals surface area contributed by atoms with Crippen LogP contribution in [-0.4, -0.2) is 57.9 Å². The van der Waals surface area contributed by atoms with Gasteiger partial charge in [0.2, 0.25) is 5.95 Å². The lowest BCUT2D eigenvalue weighted by atomic mass is 9.90. The second kappa shape index (κ2) is 8.57. The van der Waals surface area contributed by atoms with Gasteiger partial charge in [0.15, 0.2) is 0 Å². The maximum Gasteiger partial charge on any atom is 0.274 e. The van der Waals surface area contributed by atoms with Crippen LogP contribution >= 0.6 is 0 Å². The average molecular weight is 403 g/mol. The Morgan fingerprint density at radius 1 is 1.07 bits per heavy atom. The van der Waals surface area contributed by atoms with Crippen LogP contribution in [0.15, 0.2) is 48.9 Å². The van der Waals surface area contributed by atoms with E-state index in [2.05, 4.69) is 27.1 Å². The summed E-state index contributed by atoms with van der Waals surface area (Å²) in [5.74, 6) is 0.742. The van der Waals surface area contributed by atoms with Crippen LogP contribution in [0.2, 0.25) is 0 Å². The van der Waals surface area contributed by atoms with Crippen molar-refractivity contribution < 1.29 is 4.79 Å². The molecule has 1 aliphatic heterocycles. The Hall–Kier alpha value is -3.35. The topological polar surface area (TPSA) is 75.1 Å². The number of carbonyl (C=O) groups is 1. The van der Waals surface area contributed by atoms with Gasteiger partial charge in [0.25, 0.3) is 5.91 Å². The first kappa shape index (κ1) is 19.9. The van der Waals surface area contributed by atoms with Crippen molar-refractivity contribution in [2.75, 3.05) is 32.1 Å². The fraction of sp³-hybridized carbons (Fsp3) is 0.348. The van der Waals surface area contributed by atoms with Crippen molar-refractivity contribution in [1.29, 1.82) is 0 Å². The molecule has 0 bridgehead atoms. The van der Waals surface area contributed by atoms with Gasteiger partial charge < -0.3 is 9.80 Å². The molecule has 1 amide bonds. The summed E-state index contributed by atoms with van der Waals surface area (Å²) in [4.78, 5) is 34.7. The van der Waals surface area contributed by atoms with E-state index in [-0.39, 0.29) is 11.8 Å². The lowest BCUT2D eigenvalue weighted by Gasteiger charge is -2.33. The van der Waals surface area contributed by atoms with Gasteiger partial charge in [0.05, 0.1) is 17.6 Å². The average Bonchev–Trinajstić information content (AvgIpc) is 2.79. The standard InChI is InChI=1S/C23H26N6O/c1-16-12-25-20(14-24-16)22(30)29-11-7-10-18(15-29)21-19(17-8-5-4-6-9-17)13-26-23(27-21)28(2)3/h4-6,8-9,12-14,18H,7,10-11,15H2,1-3H3. The molecule has 3 aromatic rings. The Morgan fingerprint density at radius 2 is 1.87 bits per heavy atom. The van der Waals surface area contributed by atoms with E-state index in [1.54, 1.807) is 12.4 Å². The highest BCUT2D eigenvalue weighted by molar-refractivity contribution is 5.92. The summed E-state index contributed by atoms with van der Waals surface area (Å²) in [5, 5.41) is 0. The molecule has 0 N–H and O–H groups in total. The number of nitrogens with zero attached hydrogens (tertiary/aromatic N) is 6. The normalized spacial score (nSPS) is 16.4. The van der Waals surface area contributed by atoms with E-state index in [4.69, 9.17) is 4.98 Å². The van der Waals surface area contributed by atoms with Gasteiger partial charge in [-0.1, -0.05) is 30.3 Å². The van der Waals surface area contributed by atoms with Crippen molar-refractivity contribution in [1.82, 2.24) is 24.8 Å². The minimum atomic E-state index is -0.0737. The molecule has 0 aliphatic carbocycles. The SMILES string of the molecule is Cc1cnc(C(=O)N2CCCC(c3nc(N(C)C)ncc3-c3ccccc3)C2)cn1. The van der Waals surface area contributed by atoms with Gasteiger partial charge in [-0.3, -0.25) is 9.78 Å². The summed E-state index contributed by atoms with van der Waals surface area (Å²) in [7, 11) is 3.88. The fourth-order valence-corrected chi connectivity index (χ4v) is 3.80. The van der Waals surface area contributed by atoms with E-state index in [9.17, 15) is 4.79 Å². The number of likely N-dealkylation sites (tertiary alicyclic amines) is 1. The molecular weight excluding hydrogens is 376 g/mol. The third-order valence-corrected chi connectivity index (χ3v) is 5.39. The Balaban J connectivity index is 1.66. The fourth-order valence-electron chi connectivity index (χ4n) is 3.80. The Labute approximate surface area is 176 Å². The lowest BCUT2D eigenvalue weighted by Crippen LogP contribution is -2.40. The van der Waals surface area contributed by atoms with E-state index in [1.807, 2.05) is 55.2 Å². The molecule has 0 radical (unpaired) electrons. The van der Waals surface area contributed by atoms with Crippen molar-refractivity contribution in [2.24, 2.45) is 0 Å². The van der Waals surface area contributed by atoms with Crippen LogP contribution in [-0.2, 0) is 0 Å². The molecule has 1 aromatic carbocycles. The van der Waals surface area contributed by atoms with Crippen molar-refractivity contribution in [3.05, 3.63) is 66.0 Å². The summed E-state index contributed by atoms with van der Waals surface area (Å²) in [6, 6.07) is 10.2. The number of hydrogen-bond donors (Lipinski definition) is 0. The van der Waals surface area contributed by atoms with Crippen LogP contribution in [0.1, 0.15) is 40.6 Å². The van der Waals surface area contributed by atoms with E-state index in [0.29, 0.717) is 18.2 Å². The van der Waals surface area contributed by atoms with Gasteiger partial charge in [0.1, 0.15) is 5.69 Å².